The molecule has 0 saturated carbocycles. The van der Waals surface area contributed by atoms with E-state index in [9.17, 15) is 4.79 Å². The lowest BCUT2D eigenvalue weighted by atomic mass is 10.4. The molecular weight excluding hydrogens is 156 g/mol. The highest BCUT2D eigenvalue weighted by atomic mass is 16.4. The highest BCUT2D eigenvalue weighted by Gasteiger charge is 2.06. The van der Waals surface area contributed by atoms with Gasteiger partial charge in [0, 0.05) is 20.1 Å². The third kappa shape index (κ3) is 4.18. The molecule has 0 aliphatic rings. The molecule has 0 heterocycles. The molecule has 1 amide bonds. The van der Waals surface area contributed by atoms with E-state index in [1.54, 1.807) is 7.05 Å². The molecule has 4 nitrogen and oxygen atoms in total. The van der Waals surface area contributed by atoms with Crippen molar-refractivity contribution < 1.29 is 9.90 Å². The van der Waals surface area contributed by atoms with Crippen LogP contribution in [0.1, 0.15) is 13.8 Å². The number of carboxylic acid groups (broad SMARTS) is 1. The Bertz CT molecular complexity index is 135. The van der Waals surface area contributed by atoms with Crippen LogP contribution in [0.25, 0.3) is 0 Å². The third-order valence-corrected chi connectivity index (χ3v) is 1.97. The molecule has 0 unspecified atom stereocenters. The summed E-state index contributed by atoms with van der Waals surface area (Å²) < 4.78 is 0. The van der Waals surface area contributed by atoms with Crippen molar-refractivity contribution in [3.8, 4) is 0 Å². The van der Waals surface area contributed by atoms with E-state index in [0.29, 0.717) is 6.54 Å². The summed E-state index contributed by atoms with van der Waals surface area (Å²) in [5.41, 5.74) is 0. The van der Waals surface area contributed by atoms with Gasteiger partial charge in [-0.1, -0.05) is 13.8 Å². The van der Waals surface area contributed by atoms with E-state index < -0.39 is 6.09 Å². The summed E-state index contributed by atoms with van der Waals surface area (Å²) in [6.45, 7) is 7.50. The zero-order valence-corrected chi connectivity index (χ0v) is 8.08. The Kier molecular flexibility index (Phi) is 5.45. The van der Waals surface area contributed by atoms with E-state index in [1.165, 1.54) is 4.90 Å². The monoisotopic (exact) mass is 174 g/mol. The smallest absolute Gasteiger partial charge is 0.407 e. The van der Waals surface area contributed by atoms with Crippen LogP contribution in [0.15, 0.2) is 0 Å². The molecule has 4 heteroatoms. The Morgan fingerprint density at radius 2 is 1.75 bits per heavy atom. The Hall–Kier alpha value is -0.770. The number of hydrogen-bond donors (Lipinski definition) is 1. The molecule has 0 atom stereocenters. The van der Waals surface area contributed by atoms with E-state index in [2.05, 4.69) is 18.7 Å². The standard InChI is InChI=1S/C8H18N2O2/c1-4-10(5-2)7-6-9(3)8(11)12/h4-7H2,1-3H3,(H,11,12). The zero-order valence-electron chi connectivity index (χ0n) is 8.08. The number of carbonyl (C=O) groups is 1. The second kappa shape index (κ2) is 5.83. The minimum Gasteiger partial charge on any atom is -0.465 e. The first kappa shape index (κ1) is 11.2. The van der Waals surface area contributed by atoms with Gasteiger partial charge in [0.05, 0.1) is 0 Å². The second-order valence-electron chi connectivity index (χ2n) is 2.73. The number of hydrogen-bond acceptors (Lipinski definition) is 2. The summed E-state index contributed by atoms with van der Waals surface area (Å²) in [6, 6.07) is 0. The van der Waals surface area contributed by atoms with E-state index in [0.717, 1.165) is 19.6 Å². The minimum atomic E-state index is -0.859. The molecule has 0 bridgehead atoms. The van der Waals surface area contributed by atoms with Gasteiger partial charge in [-0.25, -0.2) is 4.79 Å². The van der Waals surface area contributed by atoms with Crippen LogP contribution in [-0.2, 0) is 0 Å². The minimum absolute atomic E-state index is 0.580. The average molecular weight is 174 g/mol. The summed E-state index contributed by atoms with van der Waals surface area (Å²) in [5.74, 6) is 0. The largest absolute Gasteiger partial charge is 0.465 e. The summed E-state index contributed by atoms with van der Waals surface area (Å²) in [5, 5.41) is 8.55. The van der Waals surface area contributed by atoms with Gasteiger partial charge in [-0.15, -0.1) is 0 Å². The molecule has 12 heavy (non-hydrogen) atoms. The van der Waals surface area contributed by atoms with Crippen molar-refractivity contribution in [2.24, 2.45) is 0 Å². The topological polar surface area (TPSA) is 43.8 Å². The number of amides is 1. The van der Waals surface area contributed by atoms with Crippen LogP contribution in [-0.4, -0.2) is 54.2 Å². The highest BCUT2D eigenvalue weighted by Crippen LogP contribution is 1.89. The lowest BCUT2D eigenvalue weighted by Gasteiger charge is -2.21. The molecule has 0 fully saturated rings. The molecule has 1 N–H and O–H groups in total. The molecule has 0 radical (unpaired) electrons. The van der Waals surface area contributed by atoms with E-state index in [1.807, 2.05) is 0 Å². The maximum Gasteiger partial charge on any atom is 0.407 e. The van der Waals surface area contributed by atoms with Gasteiger partial charge in [0.1, 0.15) is 0 Å². The Labute approximate surface area is 73.8 Å². The van der Waals surface area contributed by atoms with Crippen LogP contribution in [0.5, 0.6) is 0 Å². The Morgan fingerprint density at radius 3 is 2.08 bits per heavy atom. The molecular formula is C8H18N2O2. The van der Waals surface area contributed by atoms with E-state index in [4.69, 9.17) is 5.11 Å². The lowest BCUT2D eigenvalue weighted by molar-refractivity contribution is 0.149. The molecule has 0 aliphatic carbocycles. The first-order valence-electron chi connectivity index (χ1n) is 4.28. The Morgan fingerprint density at radius 1 is 1.25 bits per heavy atom. The summed E-state index contributed by atoms with van der Waals surface area (Å²) in [4.78, 5) is 13.9. The molecule has 0 saturated heterocycles. The SMILES string of the molecule is CCN(CC)CCN(C)C(=O)O. The fourth-order valence-corrected chi connectivity index (χ4v) is 0.927. The van der Waals surface area contributed by atoms with E-state index in [-0.39, 0.29) is 0 Å². The fourth-order valence-electron chi connectivity index (χ4n) is 0.927. The summed E-state index contributed by atoms with van der Waals surface area (Å²) >= 11 is 0. The first-order valence-corrected chi connectivity index (χ1v) is 4.28. The van der Waals surface area contributed by atoms with Gasteiger partial charge < -0.3 is 14.9 Å². The van der Waals surface area contributed by atoms with Gasteiger partial charge in [-0.3, -0.25) is 0 Å². The summed E-state index contributed by atoms with van der Waals surface area (Å²) in [6.07, 6.45) is -0.859. The lowest BCUT2D eigenvalue weighted by Crippen LogP contribution is -2.35. The van der Waals surface area contributed by atoms with Gasteiger partial charge in [0.2, 0.25) is 0 Å². The van der Waals surface area contributed by atoms with Crippen LogP contribution < -0.4 is 0 Å². The molecule has 0 aromatic carbocycles. The number of likely N-dealkylation sites (N-methyl/N-ethyl adjacent to an activating group) is 2. The van der Waals surface area contributed by atoms with Crippen molar-refractivity contribution in [3.63, 3.8) is 0 Å². The first-order chi connectivity index (χ1) is 5.61. The van der Waals surface area contributed by atoms with Gasteiger partial charge in [-0.2, -0.15) is 0 Å². The quantitative estimate of drug-likeness (QED) is 0.674. The number of nitrogens with zero attached hydrogens (tertiary/aromatic N) is 2. The van der Waals surface area contributed by atoms with E-state index >= 15 is 0 Å². The summed E-state index contributed by atoms with van der Waals surface area (Å²) in [7, 11) is 1.59. The van der Waals surface area contributed by atoms with Gasteiger partial charge >= 0.3 is 6.09 Å². The van der Waals surface area contributed by atoms with Crippen molar-refractivity contribution in [2.45, 2.75) is 13.8 Å². The van der Waals surface area contributed by atoms with Gasteiger partial charge in [0.15, 0.2) is 0 Å². The van der Waals surface area contributed by atoms with Gasteiger partial charge in [0.25, 0.3) is 0 Å². The number of rotatable bonds is 5. The molecule has 0 rings (SSSR count). The van der Waals surface area contributed by atoms with Crippen molar-refractivity contribution in [2.75, 3.05) is 33.2 Å². The predicted octanol–water partition coefficient (Wildman–Crippen LogP) is 0.938. The van der Waals surface area contributed by atoms with Gasteiger partial charge in [-0.05, 0) is 13.1 Å². The molecule has 0 spiro atoms. The fraction of sp³-hybridized carbons (Fsp3) is 0.875. The molecule has 0 aliphatic heterocycles. The van der Waals surface area contributed by atoms with Crippen LogP contribution in [0.3, 0.4) is 0 Å². The third-order valence-electron chi connectivity index (χ3n) is 1.97. The Balaban J connectivity index is 3.58. The van der Waals surface area contributed by atoms with Crippen LogP contribution in [0.2, 0.25) is 0 Å². The molecule has 0 aromatic heterocycles. The molecule has 72 valence electrons. The van der Waals surface area contributed by atoms with Crippen LogP contribution in [0, 0.1) is 0 Å². The second-order valence-corrected chi connectivity index (χ2v) is 2.73. The van der Waals surface area contributed by atoms with Crippen molar-refractivity contribution >= 4 is 6.09 Å². The van der Waals surface area contributed by atoms with Crippen molar-refractivity contribution in [3.05, 3.63) is 0 Å². The predicted molar refractivity (Wildman–Crippen MR) is 48.4 cm³/mol. The zero-order chi connectivity index (χ0) is 9.56. The van der Waals surface area contributed by atoms with Crippen molar-refractivity contribution in [1.29, 1.82) is 0 Å². The maximum atomic E-state index is 10.4. The normalized spacial score (nSPS) is 10.3. The molecule has 0 aromatic rings. The average Bonchev–Trinajstić information content (AvgIpc) is 2.05. The van der Waals surface area contributed by atoms with Crippen LogP contribution in [0.4, 0.5) is 4.79 Å². The maximum absolute atomic E-state index is 10.4. The highest BCUT2D eigenvalue weighted by molar-refractivity contribution is 5.64. The van der Waals surface area contributed by atoms with Crippen molar-refractivity contribution in [1.82, 2.24) is 9.80 Å². The van der Waals surface area contributed by atoms with Crippen LogP contribution >= 0.6 is 0 Å².